The minimum absolute atomic E-state index is 0.653. The molecule has 1 aromatic carbocycles. The summed E-state index contributed by atoms with van der Waals surface area (Å²) in [6, 6.07) is 5.64. The highest BCUT2D eigenvalue weighted by atomic mass is 35.5. The molecule has 0 aliphatic heterocycles. The topological polar surface area (TPSA) is 54.5 Å². The predicted octanol–water partition coefficient (Wildman–Crippen LogP) is 1.83. The van der Waals surface area contributed by atoms with Crippen LogP contribution in [0.5, 0.6) is 0 Å². The van der Waals surface area contributed by atoms with E-state index < -0.39 is 0 Å². The maximum Gasteiger partial charge on any atom is 0.179 e. The minimum Gasteiger partial charge on any atom is -0.239 e. The standard InChI is InChI=1S/C8H7ClN4/c1-5-4-6(2-3-7(5)9)8-10-12-13-11-8/h2-4H,1H3,(H,10,11,12,13). The Hall–Kier alpha value is -1.42. The lowest BCUT2D eigenvalue weighted by molar-refractivity contribution is 0.881. The number of aryl methyl sites for hydroxylation is 1. The van der Waals surface area contributed by atoms with Gasteiger partial charge in [-0.1, -0.05) is 11.6 Å². The van der Waals surface area contributed by atoms with Crippen molar-refractivity contribution in [3.05, 3.63) is 28.8 Å². The third kappa shape index (κ3) is 1.53. The Labute approximate surface area is 79.9 Å². The molecule has 0 saturated heterocycles. The highest BCUT2D eigenvalue weighted by molar-refractivity contribution is 6.31. The first-order valence-corrected chi connectivity index (χ1v) is 4.15. The van der Waals surface area contributed by atoms with Gasteiger partial charge in [0, 0.05) is 10.6 Å². The van der Waals surface area contributed by atoms with Crippen LogP contribution in [0, 0.1) is 6.92 Å². The first kappa shape index (κ1) is 8.19. The van der Waals surface area contributed by atoms with Crippen LogP contribution in [0.2, 0.25) is 5.02 Å². The largest absolute Gasteiger partial charge is 0.239 e. The van der Waals surface area contributed by atoms with Gasteiger partial charge in [0.25, 0.3) is 0 Å². The molecule has 1 heterocycles. The molecule has 0 fully saturated rings. The third-order valence-corrected chi connectivity index (χ3v) is 2.20. The number of tetrazole rings is 1. The van der Waals surface area contributed by atoms with Gasteiger partial charge in [0.2, 0.25) is 0 Å². The van der Waals surface area contributed by atoms with E-state index in [9.17, 15) is 0 Å². The number of hydrogen-bond donors (Lipinski definition) is 1. The Balaban J connectivity index is 2.49. The average molecular weight is 195 g/mol. The van der Waals surface area contributed by atoms with Crippen molar-refractivity contribution >= 4 is 11.6 Å². The maximum atomic E-state index is 5.88. The van der Waals surface area contributed by atoms with Crippen LogP contribution in [0.3, 0.4) is 0 Å². The second-order valence-electron chi connectivity index (χ2n) is 2.71. The summed E-state index contributed by atoms with van der Waals surface area (Å²) >= 11 is 5.88. The van der Waals surface area contributed by atoms with E-state index >= 15 is 0 Å². The molecule has 0 saturated carbocycles. The van der Waals surface area contributed by atoms with Crippen molar-refractivity contribution in [1.29, 1.82) is 0 Å². The monoisotopic (exact) mass is 194 g/mol. The summed E-state index contributed by atoms with van der Waals surface area (Å²) in [6.45, 7) is 1.94. The van der Waals surface area contributed by atoms with E-state index in [4.69, 9.17) is 11.6 Å². The number of benzene rings is 1. The van der Waals surface area contributed by atoms with Crippen molar-refractivity contribution in [2.24, 2.45) is 0 Å². The van der Waals surface area contributed by atoms with Gasteiger partial charge in [-0.05, 0) is 41.1 Å². The lowest BCUT2D eigenvalue weighted by Crippen LogP contribution is -1.83. The molecule has 2 rings (SSSR count). The van der Waals surface area contributed by atoms with Crippen molar-refractivity contribution in [3.8, 4) is 11.4 Å². The normalized spacial score (nSPS) is 10.3. The van der Waals surface area contributed by atoms with Crippen LogP contribution in [0.1, 0.15) is 5.56 Å². The molecule has 0 amide bonds. The van der Waals surface area contributed by atoms with Crippen molar-refractivity contribution in [1.82, 2.24) is 20.6 Å². The van der Waals surface area contributed by atoms with E-state index in [-0.39, 0.29) is 0 Å². The van der Waals surface area contributed by atoms with Crippen LogP contribution in [-0.4, -0.2) is 20.6 Å². The van der Waals surface area contributed by atoms with Crippen LogP contribution >= 0.6 is 11.6 Å². The quantitative estimate of drug-likeness (QED) is 0.754. The number of nitrogens with zero attached hydrogens (tertiary/aromatic N) is 3. The highest BCUT2D eigenvalue weighted by Gasteiger charge is 2.02. The number of aromatic nitrogens is 4. The van der Waals surface area contributed by atoms with Gasteiger partial charge in [-0.2, -0.15) is 0 Å². The first-order chi connectivity index (χ1) is 6.27. The van der Waals surface area contributed by atoms with E-state index in [1.165, 1.54) is 0 Å². The Kier molecular flexibility index (Phi) is 1.98. The molecule has 0 unspecified atom stereocenters. The van der Waals surface area contributed by atoms with Crippen LogP contribution in [0.25, 0.3) is 11.4 Å². The minimum atomic E-state index is 0.653. The van der Waals surface area contributed by atoms with Gasteiger partial charge in [-0.3, -0.25) is 0 Å². The molecule has 5 heteroatoms. The van der Waals surface area contributed by atoms with Gasteiger partial charge in [-0.25, -0.2) is 5.10 Å². The summed E-state index contributed by atoms with van der Waals surface area (Å²) in [5.74, 6) is 0.653. The lowest BCUT2D eigenvalue weighted by atomic mass is 10.1. The van der Waals surface area contributed by atoms with Crippen molar-refractivity contribution in [2.45, 2.75) is 6.92 Å². The second-order valence-corrected chi connectivity index (χ2v) is 3.12. The van der Waals surface area contributed by atoms with Crippen molar-refractivity contribution in [3.63, 3.8) is 0 Å². The molecule has 0 radical (unpaired) electrons. The van der Waals surface area contributed by atoms with E-state index in [0.717, 1.165) is 16.1 Å². The van der Waals surface area contributed by atoms with Crippen LogP contribution < -0.4 is 0 Å². The Morgan fingerprint density at radius 3 is 2.85 bits per heavy atom. The second kappa shape index (κ2) is 3.14. The molecule has 13 heavy (non-hydrogen) atoms. The zero-order valence-corrected chi connectivity index (χ0v) is 7.71. The van der Waals surface area contributed by atoms with Crippen LogP contribution in [-0.2, 0) is 0 Å². The van der Waals surface area contributed by atoms with Crippen LogP contribution in [0.4, 0.5) is 0 Å². The molecule has 66 valence electrons. The fourth-order valence-corrected chi connectivity index (χ4v) is 1.19. The molecule has 0 atom stereocenters. The van der Waals surface area contributed by atoms with Crippen molar-refractivity contribution < 1.29 is 0 Å². The maximum absolute atomic E-state index is 5.88. The number of H-pyrrole nitrogens is 1. The summed E-state index contributed by atoms with van der Waals surface area (Å²) in [5.41, 5.74) is 1.95. The molecule has 0 bridgehead atoms. The summed E-state index contributed by atoms with van der Waals surface area (Å²) in [6.07, 6.45) is 0. The summed E-state index contributed by atoms with van der Waals surface area (Å²) in [7, 11) is 0. The van der Waals surface area contributed by atoms with Gasteiger partial charge in [0.1, 0.15) is 0 Å². The zero-order valence-electron chi connectivity index (χ0n) is 6.95. The number of nitrogens with one attached hydrogen (secondary N) is 1. The van der Waals surface area contributed by atoms with Gasteiger partial charge < -0.3 is 0 Å². The smallest absolute Gasteiger partial charge is 0.179 e. The SMILES string of the molecule is Cc1cc(-c2nnn[nH]2)ccc1Cl. The summed E-state index contributed by atoms with van der Waals surface area (Å²) < 4.78 is 0. The van der Waals surface area contributed by atoms with Gasteiger partial charge >= 0.3 is 0 Å². The Morgan fingerprint density at radius 1 is 1.38 bits per heavy atom. The van der Waals surface area contributed by atoms with E-state index in [2.05, 4.69) is 20.6 Å². The highest BCUT2D eigenvalue weighted by Crippen LogP contribution is 2.21. The number of hydrogen-bond acceptors (Lipinski definition) is 3. The molecule has 4 nitrogen and oxygen atoms in total. The fraction of sp³-hybridized carbons (Fsp3) is 0.125. The molecule has 2 aromatic rings. The molecular weight excluding hydrogens is 188 g/mol. The molecule has 0 aliphatic rings. The van der Waals surface area contributed by atoms with E-state index in [1.807, 2.05) is 25.1 Å². The average Bonchev–Trinajstić information content (AvgIpc) is 2.62. The lowest BCUT2D eigenvalue weighted by Gasteiger charge is -1.99. The Bertz CT molecular complexity index is 410. The van der Waals surface area contributed by atoms with Gasteiger partial charge in [0.05, 0.1) is 0 Å². The van der Waals surface area contributed by atoms with E-state index in [1.54, 1.807) is 0 Å². The zero-order chi connectivity index (χ0) is 9.26. The van der Waals surface area contributed by atoms with Crippen molar-refractivity contribution in [2.75, 3.05) is 0 Å². The van der Waals surface area contributed by atoms with Gasteiger partial charge in [0.15, 0.2) is 5.82 Å². The number of halogens is 1. The molecule has 0 aliphatic carbocycles. The van der Waals surface area contributed by atoms with Crippen LogP contribution in [0.15, 0.2) is 18.2 Å². The third-order valence-electron chi connectivity index (χ3n) is 1.78. The number of aromatic amines is 1. The first-order valence-electron chi connectivity index (χ1n) is 3.77. The molecular formula is C8H7ClN4. The number of rotatable bonds is 1. The summed E-state index contributed by atoms with van der Waals surface area (Å²) in [5, 5.41) is 14.2. The molecule has 1 aromatic heterocycles. The molecule has 0 spiro atoms. The molecule has 1 N–H and O–H groups in total. The van der Waals surface area contributed by atoms with E-state index in [0.29, 0.717) is 5.82 Å². The van der Waals surface area contributed by atoms with Gasteiger partial charge in [-0.15, -0.1) is 5.10 Å². The summed E-state index contributed by atoms with van der Waals surface area (Å²) in [4.78, 5) is 0. The fourth-order valence-electron chi connectivity index (χ4n) is 1.07. The predicted molar refractivity (Wildman–Crippen MR) is 49.4 cm³/mol. The Morgan fingerprint density at radius 2 is 2.23 bits per heavy atom.